The first-order chi connectivity index (χ1) is 26.8. The number of carboxylic acids is 1. The van der Waals surface area contributed by atoms with Crippen LogP contribution in [0.15, 0.2) is 60.7 Å². The van der Waals surface area contributed by atoms with Crippen molar-refractivity contribution >= 4 is 35.1 Å². The van der Waals surface area contributed by atoms with Crippen LogP contribution in [0.1, 0.15) is 59.6 Å². The predicted octanol–water partition coefficient (Wildman–Crippen LogP) is 7.73. The minimum atomic E-state index is -4.68. The summed E-state index contributed by atoms with van der Waals surface area (Å²) in [6.45, 7) is 4.28. The molecule has 0 saturated carbocycles. The molecular formula is C38H38Cl2F6N8O3. The Morgan fingerprint density at radius 3 is 1.47 bits per heavy atom. The molecule has 11 nitrogen and oxygen atoms in total. The van der Waals surface area contributed by atoms with Crippen LogP contribution in [-0.2, 0) is 45.9 Å². The highest BCUT2D eigenvalue weighted by Gasteiger charge is 2.41. The van der Waals surface area contributed by atoms with E-state index in [4.69, 9.17) is 28.3 Å². The van der Waals surface area contributed by atoms with E-state index in [1.165, 1.54) is 19.4 Å². The maximum Gasteiger partial charge on any atom is 0.436 e. The number of carboxylic acid groups (broad SMARTS) is 1. The smallest absolute Gasteiger partial charge is 0.436 e. The Balaban J connectivity index is 0.000000209. The Labute approximate surface area is 334 Å². The van der Waals surface area contributed by atoms with E-state index in [1.807, 2.05) is 48.5 Å². The minimum absolute atomic E-state index is 0.0219. The topological polar surface area (TPSA) is 153 Å². The fourth-order valence-electron chi connectivity index (χ4n) is 6.51. The third kappa shape index (κ3) is 10.7. The van der Waals surface area contributed by atoms with Crippen LogP contribution in [0.2, 0.25) is 10.0 Å². The number of aromatic nitrogens is 4. The first-order valence-corrected chi connectivity index (χ1v) is 18.3. The van der Waals surface area contributed by atoms with Gasteiger partial charge in [-0.05, 0) is 63.7 Å². The molecule has 57 heavy (non-hydrogen) atoms. The van der Waals surface area contributed by atoms with Gasteiger partial charge in [-0.1, -0.05) is 83.9 Å². The number of alkyl halides is 6. The zero-order valence-electron chi connectivity index (χ0n) is 30.8. The summed E-state index contributed by atoms with van der Waals surface area (Å²) in [6.07, 6.45) is -6.58. The van der Waals surface area contributed by atoms with Crippen molar-refractivity contribution in [3.8, 4) is 12.1 Å². The largest absolute Gasteiger partial charge is 0.480 e. The standard InChI is InChI=1S/C19H18ClF3N4O.C12H14N2.C7H6ClF3N2O2/c1-13-16(20)17(19(21,22)23)25-27(13)11-15(28)26-9-7-18(12-24,8-10-26)14-5-3-2-4-6-14;13-10-12(6-8-14-9-7-12)11-4-2-1-3-5-11;1-3-5(8)6(7(9,10)11)12-13(3)2-4(14)15/h2-6H,7-11H2,1H3;1-5,14H,6-9H2;2H2,1H3,(H,14,15). The van der Waals surface area contributed by atoms with Gasteiger partial charge in [0.15, 0.2) is 11.4 Å². The summed E-state index contributed by atoms with van der Waals surface area (Å²) in [5.74, 6) is -1.64. The lowest BCUT2D eigenvalue weighted by atomic mass is 9.74. The summed E-state index contributed by atoms with van der Waals surface area (Å²) in [4.78, 5) is 24.4. The van der Waals surface area contributed by atoms with Crippen LogP contribution in [0.25, 0.3) is 0 Å². The number of aliphatic carboxylic acids is 1. The molecule has 4 heterocycles. The van der Waals surface area contributed by atoms with Crippen molar-refractivity contribution in [2.75, 3.05) is 26.2 Å². The Morgan fingerprint density at radius 1 is 0.737 bits per heavy atom. The van der Waals surface area contributed by atoms with Crippen LogP contribution in [0, 0.1) is 36.5 Å². The van der Waals surface area contributed by atoms with E-state index in [1.54, 1.807) is 4.90 Å². The normalized spacial score (nSPS) is 16.2. The number of carbonyl (C=O) groups excluding carboxylic acids is 1. The number of rotatable bonds is 6. The van der Waals surface area contributed by atoms with Crippen LogP contribution in [0.4, 0.5) is 26.3 Å². The lowest BCUT2D eigenvalue weighted by Crippen LogP contribution is -2.45. The van der Waals surface area contributed by atoms with Crippen LogP contribution in [0.3, 0.4) is 0 Å². The van der Waals surface area contributed by atoms with Crippen LogP contribution in [0.5, 0.6) is 0 Å². The number of nitrogens with one attached hydrogen (secondary N) is 1. The molecule has 2 saturated heterocycles. The number of halogens is 8. The number of nitriles is 2. The highest BCUT2D eigenvalue weighted by molar-refractivity contribution is 6.32. The second-order valence-electron chi connectivity index (χ2n) is 13.5. The monoisotopic (exact) mass is 838 g/mol. The summed E-state index contributed by atoms with van der Waals surface area (Å²) in [7, 11) is 0. The fourth-order valence-corrected chi connectivity index (χ4v) is 7.00. The summed E-state index contributed by atoms with van der Waals surface area (Å²) < 4.78 is 77.3. The summed E-state index contributed by atoms with van der Waals surface area (Å²) >= 11 is 11.1. The average Bonchev–Trinajstić information content (AvgIpc) is 3.65. The van der Waals surface area contributed by atoms with Gasteiger partial charge >= 0.3 is 18.3 Å². The van der Waals surface area contributed by atoms with Gasteiger partial charge in [0.25, 0.3) is 0 Å². The first-order valence-electron chi connectivity index (χ1n) is 17.5. The molecule has 2 aromatic heterocycles. The highest BCUT2D eigenvalue weighted by atomic mass is 35.5. The van der Waals surface area contributed by atoms with Gasteiger partial charge in [-0.2, -0.15) is 47.1 Å². The van der Waals surface area contributed by atoms with E-state index in [2.05, 4.69) is 39.8 Å². The number of piperidine rings is 2. The SMILES string of the molecule is Cc1c(Cl)c(C(F)(F)F)nn1CC(=O)N1CCC(C#N)(c2ccccc2)CC1.Cc1c(Cl)c(C(F)(F)F)nn1CC(=O)O.N#CC1(c2ccccc2)CCNCC1. The molecule has 2 aliphatic heterocycles. The van der Waals surface area contributed by atoms with E-state index in [0.717, 1.165) is 36.2 Å². The molecule has 0 bridgehead atoms. The van der Waals surface area contributed by atoms with Gasteiger partial charge in [0, 0.05) is 13.1 Å². The van der Waals surface area contributed by atoms with Gasteiger partial charge in [0.05, 0.1) is 44.4 Å². The van der Waals surface area contributed by atoms with Crippen molar-refractivity contribution in [1.29, 1.82) is 10.5 Å². The van der Waals surface area contributed by atoms with Gasteiger partial charge < -0.3 is 15.3 Å². The second kappa shape index (κ2) is 18.4. The third-order valence-electron chi connectivity index (χ3n) is 9.88. The lowest BCUT2D eigenvalue weighted by molar-refractivity contribution is -0.143. The molecule has 304 valence electrons. The molecule has 19 heteroatoms. The van der Waals surface area contributed by atoms with Crippen molar-refractivity contribution in [1.82, 2.24) is 29.8 Å². The predicted molar refractivity (Wildman–Crippen MR) is 197 cm³/mol. The molecule has 0 unspecified atom stereocenters. The molecule has 4 aromatic rings. The van der Waals surface area contributed by atoms with Crippen LogP contribution < -0.4 is 5.32 Å². The van der Waals surface area contributed by atoms with Gasteiger partial charge in [-0.3, -0.25) is 19.0 Å². The van der Waals surface area contributed by atoms with Crippen LogP contribution in [-0.4, -0.2) is 67.6 Å². The maximum absolute atomic E-state index is 12.9. The van der Waals surface area contributed by atoms with E-state index in [9.17, 15) is 46.5 Å². The fraction of sp³-hybridized carbons (Fsp3) is 0.421. The number of hydrogen-bond acceptors (Lipinski definition) is 7. The van der Waals surface area contributed by atoms with Gasteiger partial charge in [0.1, 0.15) is 13.1 Å². The van der Waals surface area contributed by atoms with Crippen molar-refractivity contribution in [2.24, 2.45) is 0 Å². The highest BCUT2D eigenvalue weighted by Crippen LogP contribution is 2.38. The Morgan fingerprint density at radius 2 is 1.12 bits per heavy atom. The molecule has 0 radical (unpaired) electrons. The number of hydrogen-bond donors (Lipinski definition) is 2. The Bertz CT molecular complexity index is 2090. The molecule has 2 fully saturated rings. The number of benzene rings is 2. The minimum Gasteiger partial charge on any atom is -0.480 e. The molecule has 6 rings (SSSR count). The van der Waals surface area contributed by atoms with Gasteiger partial charge in [-0.15, -0.1) is 0 Å². The van der Waals surface area contributed by atoms with Gasteiger partial charge in [0.2, 0.25) is 5.91 Å². The maximum atomic E-state index is 12.9. The first kappa shape index (κ1) is 44.6. The van der Waals surface area contributed by atoms with Crippen LogP contribution >= 0.6 is 23.2 Å². The van der Waals surface area contributed by atoms with Crippen molar-refractivity contribution in [3.63, 3.8) is 0 Å². The van der Waals surface area contributed by atoms with Gasteiger partial charge in [-0.25, -0.2) is 0 Å². The van der Waals surface area contributed by atoms with E-state index < -0.39 is 51.7 Å². The second-order valence-corrected chi connectivity index (χ2v) is 14.2. The van der Waals surface area contributed by atoms with Crippen molar-refractivity contribution < 1.29 is 41.0 Å². The number of nitrogens with zero attached hydrogens (tertiary/aromatic N) is 7. The number of carbonyl (C=O) groups is 2. The summed E-state index contributed by atoms with van der Waals surface area (Å²) in [6, 6.07) is 24.4. The van der Waals surface area contributed by atoms with Crippen molar-refractivity contribution in [3.05, 3.63) is 105 Å². The number of amides is 1. The zero-order valence-corrected chi connectivity index (χ0v) is 32.3. The molecule has 0 aliphatic carbocycles. The molecule has 2 N–H and O–H groups in total. The molecule has 0 atom stereocenters. The molecule has 2 aliphatic rings. The molecular weight excluding hydrogens is 801 g/mol. The molecule has 1 amide bonds. The average molecular weight is 840 g/mol. The quantitative estimate of drug-likeness (QED) is 0.187. The van der Waals surface area contributed by atoms with E-state index in [-0.39, 0.29) is 29.3 Å². The molecule has 2 aromatic carbocycles. The summed E-state index contributed by atoms with van der Waals surface area (Å²) in [5, 5.41) is 36.2. The zero-order chi connectivity index (χ0) is 42.2. The number of likely N-dealkylation sites (tertiary alicyclic amines) is 1. The summed E-state index contributed by atoms with van der Waals surface area (Å²) in [5.41, 5.74) is -1.20. The van der Waals surface area contributed by atoms with E-state index in [0.29, 0.717) is 30.6 Å². The Hall–Kier alpha value is -5.10. The Kier molecular flexibility index (Phi) is 14.4. The molecule has 0 spiro atoms. The van der Waals surface area contributed by atoms with E-state index >= 15 is 0 Å². The van der Waals surface area contributed by atoms with Crippen molar-refractivity contribution in [2.45, 2.75) is 75.8 Å². The third-order valence-corrected chi connectivity index (χ3v) is 10.8. The lowest BCUT2D eigenvalue weighted by Gasteiger charge is -2.37.